The molecule has 8 heteroatoms. The van der Waals surface area contributed by atoms with E-state index in [9.17, 15) is 10.0 Å². The quantitative estimate of drug-likeness (QED) is 0.585. The van der Waals surface area contributed by atoms with Crippen LogP contribution in [0.5, 0.6) is 0 Å². The summed E-state index contributed by atoms with van der Waals surface area (Å²) in [6.45, 7) is 2.19. The molecule has 2 aliphatic heterocycles. The zero-order valence-corrected chi connectivity index (χ0v) is 11.2. The number of quaternary nitrogens is 1. The number of carbonyl (C=O) groups is 1. The van der Waals surface area contributed by atoms with E-state index in [-0.39, 0.29) is 5.69 Å². The van der Waals surface area contributed by atoms with E-state index in [2.05, 4.69) is 5.16 Å². The number of ether oxygens (including phenoxy) is 2. The molecule has 0 spiro atoms. The first-order chi connectivity index (χ1) is 10.1. The average molecular weight is 294 g/mol. The van der Waals surface area contributed by atoms with Gasteiger partial charge in [0, 0.05) is 24.3 Å². The van der Waals surface area contributed by atoms with Crippen molar-refractivity contribution in [1.82, 2.24) is 0 Å². The predicted octanol–water partition coefficient (Wildman–Crippen LogP) is -0.271. The topological polar surface area (TPSA) is 105 Å². The third-order valence-electron chi connectivity index (χ3n) is 3.41. The smallest absolute Gasteiger partial charge is 0.321 e. The third-order valence-corrected chi connectivity index (χ3v) is 3.41. The minimum Gasteiger partial charge on any atom is -0.595 e. The van der Waals surface area contributed by atoms with Crippen LogP contribution in [-0.2, 0) is 19.1 Å². The van der Waals surface area contributed by atoms with Crippen molar-refractivity contribution in [2.75, 3.05) is 6.61 Å². The molecule has 3 rings (SSSR count). The fourth-order valence-corrected chi connectivity index (χ4v) is 2.41. The Bertz CT molecular complexity index is 571. The number of oxime groups is 1. The lowest BCUT2D eigenvalue weighted by molar-refractivity contribution is -0.991. The molecule has 8 nitrogen and oxygen atoms in total. The molecule has 0 aromatic heterocycles. The van der Waals surface area contributed by atoms with E-state index in [1.165, 1.54) is 12.1 Å². The van der Waals surface area contributed by atoms with Crippen molar-refractivity contribution >= 4 is 17.4 Å². The molecule has 1 aromatic rings. The van der Waals surface area contributed by atoms with Gasteiger partial charge in [0.1, 0.15) is 11.6 Å². The van der Waals surface area contributed by atoms with Gasteiger partial charge in [-0.3, -0.25) is 4.79 Å². The predicted molar refractivity (Wildman–Crippen MR) is 68.6 cm³/mol. The zero-order valence-electron chi connectivity index (χ0n) is 11.2. The minimum absolute atomic E-state index is 0.163. The minimum atomic E-state index is -1.01. The van der Waals surface area contributed by atoms with Crippen LogP contribution < -0.4 is 5.23 Å². The van der Waals surface area contributed by atoms with Crippen LogP contribution in [0.1, 0.15) is 12.5 Å². The van der Waals surface area contributed by atoms with E-state index < -0.39 is 29.5 Å². The summed E-state index contributed by atoms with van der Waals surface area (Å²) in [6, 6.07) is 6.09. The summed E-state index contributed by atoms with van der Waals surface area (Å²) < 4.78 is 10.4. The lowest BCUT2D eigenvalue weighted by Gasteiger charge is -2.13. The highest BCUT2D eigenvalue weighted by molar-refractivity contribution is 6.13. The molecule has 1 fully saturated rings. The molecule has 1 saturated heterocycles. The van der Waals surface area contributed by atoms with Gasteiger partial charge in [0.2, 0.25) is 12.4 Å². The van der Waals surface area contributed by atoms with Crippen molar-refractivity contribution in [3.8, 4) is 0 Å². The number of hydrogen-bond donors (Lipinski definition) is 2. The second kappa shape index (κ2) is 5.41. The SMILES string of the molecule is CCOC1OC(=O)C2C(c3ccc([NH+]([O-])O)cc3)=NOC12. The van der Waals surface area contributed by atoms with E-state index in [0.717, 1.165) is 0 Å². The van der Waals surface area contributed by atoms with Crippen LogP contribution in [-0.4, -0.2) is 35.9 Å². The number of fused-ring (bicyclic) bond motifs is 1. The number of nitrogens with zero attached hydrogens (tertiary/aromatic N) is 1. The highest BCUT2D eigenvalue weighted by Crippen LogP contribution is 2.34. The first-order valence-corrected chi connectivity index (χ1v) is 6.51. The molecule has 0 saturated carbocycles. The molecule has 2 N–H and O–H groups in total. The van der Waals surface area contributed by atoms with Crippen molar-refractivity contribution in [2.45, 2.75) is 19.3 Å². The number of nitrogens with one attached hydrogen (secondary N) is 1. The van der Waals surface area contributed by atoms with Crippen LogP contribution in [0, 0.1) is 11.1 Å². The van der Waals surface area contributed by atoms with Gasteiger partial charge in [0.15, 0.2) is 5.69 Å². The lowest BCUT2D eigenvalue weighted by Crippen LogP contribution is -2.99. The van der Waals surface area contributed by atoms with Gasteiger partial charge in [0.05, 0.1) is 0 Å². The summed E-state index contributed by atoms with van der Waals surface area (Å²) in [5, 5.41) is 22.6. The number of benzene rings is 1. The summed E-state index contributed by atoms with van der Waals surface area (Å²) >= 11 is 0. The van der Waals surface area contributed by atoms with E-state index in [0.29, 0.717) is 17.9 Å². The molecule has 0 bridgehead atoms. The maximum absolute atomic E-state index is 11.9. The molecular formula is C13H14N2O6. The Kier molecular flexibility index (Phi) is 3.60. The van der Waals surface area contributed by atoms with Crippen LogP contribution in [0.4, 0.5) is 5.69 Å². The summed E-state index contributed by atoms with van der Waals surface area (Å²) in [5.41, 5.74) is 1.22. The van der Waals surface area contributed by atoms with Crippen molar-refractivity contribution in [1.29, 1.82) is 0 Å². The maximum atomic E-state index is 11.9. The Morgan fingerprint density at radius 2 is 2.14 bits per heavy atom. The van der Waals surface area contributed by atoms with E-state index in [1.54, 1.807) is 19.1 Å². The summed E-state index contributed by atoms with van der Waals surface area (Å²) in [5.74, 6) is -1.09. The normalized spacial score (nSPS) is 28.6. The number of carbonyl (C=O) groups excluding carboxylic acids is 1. The second-order valence-corrected chi connectivity index (χ2v) is 4.67. The fraction of sp³-hybridized carbons (Fsp3) is 0.385. The first kappa shape index (κ1) is 14.0. The van der Waals surface area contributed by atoms with Gasteiger partial charge in [-0.2, -0.15) is 5.23 Å². The fourth-order valence-electron chi connectivity index (χ4n) is 2.41. The number of hydrogen-bond acceptors (Lipinski definition) is 7. The molecule has 4 atom stereocenters. The van der Waals surface area contributed by atoms with Gasteiger partial charge in [-0.1, -0.05) is 5.16 Å². The van der Waals surface area contributed by atoms with Gasteiger partial charge in [-0.15, -0.1) is 0 Å². The Morgan fingerprint density at radius 1 is 1.43 bits per heavy atom. The molecule has 1 aromatic carbocycles. The Balaban J connectivity index is 1.82. The van der Waals surface area contributed by atoms with Gasteiger partial charge >= 0.3 is 5.97 Å². The first-order valence-electron chi connectivity index (χ1n) is 6.51. The van der Waals surface area contributed by atoms with E-state index in [4.69, 9.17) is 19.5 Å². The summed E-state index contributed by atoms with van der Waals surface area (Å²) in [6.07, 6.45) is -1.35. The second-order valence-electron chi connectivity index (χ2n) is 4.67. The number of esters is 1. The summed E-state index contributed by atoms with van der Waals surface area (Å²) in [7, 11) is 0. The van der Waals surface area contributed by atoms with Crippen molar-refractivity contribution in [3.63, 3.8) is 0 Å². The zero-order chi connectivity index (χ0) is 15.0. The molecule has 2 heterocycles. The molecule has 0 amide bonds. The molecular weight excluding hydrogens is 280 g/mol. The van der Waals surface area contributed by atoms with Gasteiger partial charge in [-0.05, 0) is 19.1 Å². The molecule has 0 radical (unpaired) electrons. The largest absolute Gasteiger partial charge is 0.595 e. The van der Waals surface area contributed by atoms with Gasteiger partial charge < -0.3 is 19.5 Å². The molecule has 2 aliphatic rings. The van der Waals surface area contributed by atoms with E-state index >= 15 is 0 Å². The molecule has 112 valence electrons. The highest BCUT2D eigenvalue weighted by Gasteiger charge is 2.54. The van der Waals surface area contributed by atoms with Crippen LogP contribution >= 0.6 is 0 Å². The lowest BCUT2D eigenvalue weighted by atomic mass is 9.94. The Labute approximate surface area is 120 Å². The van der Waals surface area contributed by atoms with Gasteiger partial charge in [-0.25, -0.2) is 5.21 Å². The molecule has 0 aliphatic carbocycles. The summed E-state index contributed by atoms with van der Waals surface area (Å²) in [4.78, 5) is 17.2. The average Bonchev–Trinajstić information content (AvgIpc) is 3.02. The number of rotatable bonds is 4. The number of cyclic esters (lactones) is 1. The van der Waals surface area contributed by atoms with Crippen LogP contribution in [0.15, 0.2) is 29.4 Å². The highest BCUT2D eigenvalue weighted by atomic mass is 16.8. The monoisotopic (exact) mass is 294 g/mol. The molecule has 4 unspecified atom stereocenters. The third kappa shape index (κ3) is 2.38. The Hall–Kier alpha value is -2.00. The molecule has 21 heavy (non-hydrogen) atoms. The van der Waals surface area contributed by atoms with Crippen molar-refractivity contribution in [2.24, 2.45) is 11.1 Å². The van der Waals surface area contributed by atoms with Crippen LogP contribution in [0.25, 0.3) is 0 Å². The van der Waals surface area contributed by atoms with Crippen molar-refractivity contribution < 1.29 is 29.5 Å². The van der Waals surface area contributed by atoms with Gasteiger partial charge in [0.25, 0.3) is 0 Å². The van der Waals surface area contributed by atoms with Crippen LogP contribution in [0.2, 0.25) is 0 Å². The maximum Gasteiger partial charge on any atom is 0.321 e. The van der Waals surface area contributed by atoms with Crippen molar-refractivity contribution in [3.05, 3.63) is 35.0 Å². The standard InChI is InChI=1S/C13H14N2O6/c1-2-19-13-11-9(12(16)20-13)10(14-21-11)7-3-5-8(6-4-7)15(17)18/h3-6,9,11,13,15,17H,2H2,1H3. The van der Waals surface area contributed by atoms with Crippen LogP contribution in [0.3, 0.4) is 0 Å². The van der Waals surface area contributed by atoms with E-state index in [1.807, 2.05) is 0 Å². The Morgan fingerprint density at radius 3 is 2.76 bits per heavy atom.